The van der Waals surface area contributed by atoms with Gasteiger partial charge in [-0.2, -0.15) is 0 Å². The minimum Gasteiger partial charge on any atom is -0.497 e. The first-order chi connectivity index (χ1) is 14.1. The van der Waals surface area contributed by atoms with Crippen LogP contribution in [0.15, 0.2) is 41.4 Å². The summed E-state index contributed by atoms with van der Waals surface area (Å²) in [6, 6.07) is 11.9. The zero-order valence-corrected chi connectivity index (χ0v) is 21.2. The van der Waals surface area contributed by atoms with Crippen LogP contribution in [0.1, 0.15) is 24.3 Å². The van der Waals surface area contributed by atoms with Crippen LogP contribution < -0.4 is 20.3 Å². The number of benzene rings is 1. The number of nitrogens with one attached hydrogen (secondary N) is 2. The third-order valence-corrected chi connectivity index (χ3v) is 6.28. The van der Waals surface area contributed by atoms with Gasteiger partial charge in [0.05, 0.1) is 18.0 Å². The van der Waals surface area contributed by atoms with Crippen LogP contribution in [0, 0.1) is 5.92 Å². The molecule has 2 aromatic rings. The van der Waals surface area contributed by atoms with Gasteiger partial charge in [0.1, 0.15) is 11.9 Å². The zero-order chi connectivity index (χ0) is 20.6. The number of aliphatic hydroxyl groups is 1. The Balaban J connectivity index is 0.00000320. The zero-order valence-electron chi connectivity index (χ0n) is 17.3. The van der Waals surface area contributed by atoms with Gasteiger partial charge in [0, 0.05) is 42.8 Å². The summed E-state index contributed by atoms with van der Waals surface area (Å²) in [7, 11) is 1.70. The molecule has 0 radical (unpaired) electrons. The van der Waals surface area contributed by atoms with Gasteiger partial charge in [-0.05, 0) is 43.5 Å². The number of hydrogen-bond acceptors (Lipinski definition) is 5. The van der Waals surface area contributed by atoms with E-state index in [-0.39, 0.29) is 24.0 Å². The third kappa shape index (κ3) is 7.18. The van der Waals surface area contributed by atoms with E-state index in [1.54, 1.807) is 13.2 Å². The predicted molar refractivity (Wildman–Crippen MR) is 137 cm³/mol. The van der Waals surface area contributed by atoms with E-state index in [1.807, 2.05) is 25.1 Å². The minimum atomic E-state index is -0.641. The first kappa shape index (κ1) is 25.0. The Morgan fingerprint density at radius 2 is 2.20 bits per heavy atom. The molecule has 0 amide bonds. The molecule has 1 aromatic heterocycles. The minimum absolute atomic E-state index is 0. The molecule has 2 unspecified atom stereocenters. The molecule has 0 saturated carbocycles. The number of guanidine groups is 1. The Kier molecular flexibility index (Phi) is 10.5. The fraction of sp³-hybridized carbons (Fsp3) is 0.476. The molecule has 1 aliphatic rings. The van der Waals surface area contributed by atoms with Crippen LogP contribution >= 0.6 is 46.9 Å². The van der Waals surface area contributed by atoms with Gasteiger partial charge >= 0.3 is 0 Å². The summed E-state index contributed by atoms with van der Waals surface area (Å²) >= 11 is 7.33. The number of ether oxygens (including phenoxy) is 1. The number of aliphatic hydroxyl groups excluding tert-OH is 1. The standard InChI is InChI=1S/C21H29ClN4O2S.HI/c1-3-23-21(25-13-18(27)19-7-8-20(22)29-19)24-12-15-9-10-26(14-15)16-5-4-6-17(11-16)28-2;/h4-8,11,15,18,27H,3,9-10,12-14H2,1-2H3,(H2,23,24,25);1H. The van der Waals surface area contributed by atoms with Crippen LogP contribution in [0.4, 0.5) is 5.69 Å². The van der Waals surface area contributed by atoms with Gasteiger partial charge in [0.25, 0.3) is 0 Å². The first-order valence-electron chi connectivity index (χ1n) is 9.93. The second-order valence-corrected chi connectivity index (χ2v) is 8.81. The molecule has 0 spiro atoms. The number of aliphatic imine (C=N–C) groups is 1. The Hall–Kier alpha value is -1.23. The van der Waals surface area contributed by atoms with E-state index in [9.17, 15) is 5.11 Å². The maximum absolute atomic E-state index is 10.3. The van der Waals surface area contributed by atoms with Gasteiger partial charge in [0.15, 0.2) is 5.96 Å². The fourth-order valence-electron chi connectivity index (χ4n) is 3.40. The van der Waals surface area contributed by atoms with Gasteiger partial charge < -0.3 is 25.4 Å². The Labute approximate surface area is 204 Å². The molecule has 1 fully saturated rings. The van der Waals surface area contributed by atoms with Gasteiger partial charge in [-0.3, -0.25) is 4.99 Å². The predicted octanol–water partition coefficient (Wildman–Crippen LogP) is 4.14. The van der Waals surface area contributed by atoms with Crippen molar-refractivity contribution in [1.82, 2.24) is 10.6 Å². The average Bonchev–Trinajstić information content (AvgIpc) is 3.39. The number of hydrogen-bond donors (Lipinski definition) is 3. The molecule has 6 nitrogen and oxygen atoms in total. The van der Waals surface area contributed by atoms with E-state index < -0.39 is 6.10 Å². The lowest BCUT2D eigenvalue weighted by Crippen LogP contribution is -2.40. The van der Waals surface area contributed by atoms with Crippen molar-refractivity contribution in [1.29, 1.82) is 0 Å². The van der Waals surface area contributed by atoms with Gasteiger partial charge in [-0.25, -0.2) is 0 Å². The van der Waals surface area contributed by atoms with Crippen molar-refractivity contribution in [3.05, 3.63) is 45.6 Å². The monoisotopic (exact) mass is 564 g/mol. The number of halogens is 2. The molecule has 0 bridgehead atoms. The molecule has 0 aliphatic carbocycles. The molecule has 1 saturated heterocycles. The number of nitrogens with zero attached hydrogens (tertiary/aromatic N) is 2. The normalized spacial score (nSPS) is 17.4. The van der Waals surface area contributed by atoms with E-state index in [1.165, 1.54) is 17.0 Å². The number of methoxy groups -OCH3 is 1. The van der Waals surface area contributed by atoms with Crippen LogP contribution in [0.3, 0.4) is 0 Å². The molecule has 9 heteroatoms. The lowest BCUT2D eigenvalue weighted by atomic mass is 10.1. The van der Waals surface area contributed by atoms with Gasteiger partial charge in [-0.1, -0.05) is 17.7 Å². The van der Waals surface area contributed by atoms with Crippen LogP contribution in [-0.2, 0) is 0 Å². The Morgan fingerprint density at radius 1 is 1.37 bits per heavy atom. The molecule has 1 aromatic carbocycles. The Morgan fingerprint density at radius 3 is 2.90 bits per heavy atom. The van der Waals surface area contributed by atoms with Gasteiger partial charge in [0.2, 0.25) is 0 Å². The van der Waals surface area contributed by atoms with E-state index in [0.717, 1.165) is 49.2 Å². The van der Waals surface area contributed by atoms with Crippen molar-refractivity contribution in [3.8, 4) is 5.75 Å². The highest BCUT2D eigenvalue weighted by atomic mass is 127. The number of rotatable bonds is 8. The molecular formula is C21H30ClIN4O2S. The van der Waals surface area contributed by atoms with Crippen LogP contribution in [0.2, 0.25) is 4.34 Å². The maximum Gasteiger partial charge on any atom is 0.191 e. The third-order valence-electron chi connectivity index (χ3n) is 4.95. The summed E-state index contributed by atoms with van der Waals surface area (Å²) in [6.07, 6.45) is 0.484. The molecular weight excluding hydrogens is 535 g/mol. The lowest BCUT2D eigenvalue weighted by Gasteiger charge is -2.20. The van der Waals surface area contributed by atoms with Crippen LogP contribution in [0.25, 0.3) is 0 Å². The van der Waals surface area contributed by atoms with E-state index in [4.69, 9.17) is 16.3 Å². The summed E-state index contributed by atoms with van der Waals surface area (Å²) in [5.41, 5.74) is 1.20. The van der Waals surface area contributed by atoms with E-state index in [0.29, 0.717) is 16.8 Å². The summed E-state index contributed by atoms with van der Waals surface area (Å²) in [5, 5.41) is 17.0. The lowest BCUT2D eigenvalue weighted by molar-refractivity contribution is 0.191. The molecule has 3 N–H and O–H groups in total. The topological polar surface area (TPSA) is 69.1 Å². The summed E-state index contributed by atoms with van der Waals surface area (Å²) in [4.78, 5) is 7.76. The van der Waals surface area contributed by atoms with Crippen molar-refractivity contribution < 1.29 is 9.84 Å². The maximum atomic E-state index is 10.3. The summed E-state index contributed by atoms with van der Waals surface area (Å²) < 4.78 is 6.01. The smallest absolute Gasteiger partial charge is 0.191 e. The molecule has 166 valence electrons. The molecule has 2 heterocycles. The quantitative estimate of drug-likeness (QED) is 0.255. The van der Waals surface area contributed by atoms with Crippen LogP contribution in [0.5, 0.6) is 5.75 Å². The van der Waals surface area contributed by atoms with Crippen molar-refractivity contribution in [2.45, 2.75) is 19.4 Å². The van der Waals surface area contributed by atoms with E-state index >= 15 is 0 Å². The molecule has 1 aliphatic heterocycles. The van der Waals surface area contributed by atoms with Crippen molar-refractivity contribution in [2.75, 3.05) is 44.7 Å². The first-order valence-corrected chi connectivity index (χ1v) is 11.1. The van der Waals surface area contributed by atoms with Crippen LogP contribution in [-0.4, -0.2) is 50.9 Å². The fourth-order valence-corrected chi connectivity index (χ4v) is 4.44. The largest absolute Gasteiger partial charge is 0.497 e. The van der Waals surface area contributed by atoms with E-state index in [2.05, 4.69) is 32.7 Å². The molecule has 30 heavy (non-hydrogen) atoms. The average molecular weight is 565 g/mol. The van der Waals surface area contributed by atoms with Crippen molar-refractivity contribution >= 4 is 58.6 Å². The number of anilines is 1. The highest BCUT2D eigenvalue weighted by Gasteiger charge is 2.23. The summed E-state index contributed by atoms with van der Waals surface area (Å²) in [6.45, 7) is 5.97. The van der Waals surface area contributed by atoms with Crippen molar-refractivity contribution in [3.63, 3.8) is 0 Å². The molecule has 3 rings (SSSR count). The highest BCUT2D eigenvalue weighted by molar-refractivity contribution is 14.0. The Bertz CT molecular complexity index is 820. The highest BCUT2D eigenvalue weighted by Crippen LogP contribution is 2.27. The second-order valence-electron chi connectivity index (χ2n) is 7.06. The second kappa shape index (κ2) is 12.6. The SMILES string of the molecule is CCNC(=NCC(O)c1ccc(Cl)s1)NCC1CCN(c2cccc(OC)c2)C1.I. The number of thiophene rings is 1. The van der Waals surface area contributed by atoms with Crippen molar-refractivity contribution in [2.24, 2.45) is 10.9 Å². The molecule has 2 atom stereocenters. The summed E-state index contributed by atoms with van der Waals surface area (Å²) in [5.74, 6) is 2.15. The van der Waals surface area contributed by atoms with Gasteiger partial charge in [-0.15, -0.1) is 35.3 Å².